The normalized spacial score (nSPS) is 17.4. The third-order valence-electron chi connectivity index (χ3n) is 4.10. The number of pyridine rings is 1. The molecule has 1 saturated heterocycles. The van der Waals surface area contributed by atoms with Crippen molar-refractivity contribution in [2.75, 3.05) is 37.6 Å². The van der Waals surface area contributed by atoms with E-state index in [2.05, 4.69) is 14.8 Å². The Morgan fingerprint density at radius 1 is 0.955 bits per heavy atom. The van der Waals surface area contributed by atoms with Gasteiger partial charge in [-0.3, -0.25) is 4.90 Å². The summed E-state index contributed by atoms with van der Waals surface area (Å²) in [5.74, 6) is 1.02. The molecule has 1 atom stereocenters. The van der Waals surface area contributed by atoms with Crippen LogP contribution < -0.4 is 4.90 Å². The summed E-state index contributed by atoms with van der Waals surface area (Å²) in [6.07, 6.45) is 1.52. The quantitative estimate of drug-likeness (QED) is 0.846. The van der Waals surface area contributed by atoms with E-state index in [1.165, 1.54) is 0 Å². The molecular weight excluding hydrogens is 277 g/mol. The Morgan fingerprint density at radius 3 is 2.36 bits per heavy atom. The fraction of sp³-hybridized carbons (Fsp3) is 0.389. The predicted molar refractivity (Wildman–Crippen MR) is 87.9 cm³/mol. The third kappa shape index (κ3) is 4.04. The third-order valence-corrected chi connectivity index (χ3v) is 4.10. The zero-order valence-electron chi connectivity index (χ0n) is 12.7. The van der Waals surface area contributed by atoms with Crippen LogP contribution in [0.25, 0.3) is 0 Å². The number of anilines is 1. The summed E-state index contributed by atoms with van der Waals surface area (Å²) in [5, 5.41) is 0. The second-order valence-electron chi connectivity index (χ2n) is 5.76. The van der Waals surface area contributed by atoms with Gasteiger partial charge in [0.15, 0.2) is 0 Å². The minimum absolute atomic E-state index is 0.501. The van der Waals surface area contributed by atoms with Gasteiger partial charge in [-0.1, -0.05) is 36.4 Å². The van der Waals surface area contributed by atoms with Crippen LogP contribution in [0.2, 0.25) is 0 Å². The Balaban J connectivity index is 1.46. The van der Waals surface area contributed by atoms with E-state index in [1.807, 2.05) is 54.7 Å². The first kappa shape index (κ1) is 15.0. The summed E-state index contributed by atoms with van der Waals surface area (Å²) >= 11 is 0. The maximum atomic E-state index is 14.2. The zero-order valence-corrected chi connectivity index (χ0v) is 12.7. The molecule has 0 spiro atoms. The summed E-state index contributed by atoms with van der Waals surface area (Å²) in [6, 6.07) is 15.8. The van der Waals surface area contributed by atoms with Gasteiger partial charge >= 0.3 is 0 Å². The molecule has 4 heteroatoms. The first-order chi connectivity index (χ1) is 10.8. The zero-order chi connectivity index (χ0) is 15.2. The molecule has 0 unspecified atom stereocenters. The number of hydrogen-bond acceptors (Lipinski definition) is 3. The van der Waals surface area contributed by atoms with Crippen LogP contribution in [-0.4, -0.2) is 48.8 Å². The molecule has 2 heterocycles. The molecule has 1 aliphatic heterocycles. The molecule has 0 radical (unpaired) electrons. The molecule has 22 heavy (non-hydrogen) atoms. The fourth-order valence-corrected chi connectivity index (χ4v) is 2.91. The van der Waals surface area contributed by atoms with Crippen LogP contribution in [0.3, 0.4) is 0 Å². The van der Waals surface area contributed by atoms with E-state index in [-0.39, 0.29) is 0 Å². The maximum absolute atomic E-state index is 14.2. The molecule has 0 aliphatic carbocycles. The summed E-state index contributed by atoms with van der Waals surface area (Å²) in [5.41, 5.74) is 1.07. The molecule has 116 valence electrons. The summed E-state index contributed by atoms with van der Waals surface area (Å²) in [7, 11) is 0. The van der Waals surface area contributed by atoms with E-state index in [4.69, 9.17) is 0 Å². The maximum Gasteiger partial charge on any atom is 0.128 e. The molecule has 0 amide bonds. The van der Waals surface area contributed by atoms with Gasteiger partial charge in [0.25, 0.3) is 0 Å². The average molecular weight is 299 g/mol. The molecule has 1 aliphatic rings. The van der Waals surface area contributed by atoms with Crippen molar-refractivity contribution in [2.24, 2.45) is 0 Å². The van der Waals surface area contributed by atoms with Crippen molar-refractivity contribution in [1.29, 1.82) is 0 Å². The van der Waals surface area contributed by atoms with Gasteiger partial charge < -0.3 is 4.90 Å². The van der Waals surface area contributed by atoms with Crippen molar-refractivity contribution >= 4 is 5.82 Å². The standard InChI is InChI=1S/C18H22FN3/c19-17(14-16-6-2-1-3-7-16)15-21-10-12-22(13-11-21)18-8-4-5-9-20-18/h1-9,17H,10-15H2/t17-/m0/s1. The molecule has 1 fully saturated rings. The Bertz CT molecular complexity index is 553. The first-order valence-electron chi connectivity index (χ1n) is 7.87. The van der Waals surface area contributed by atoms with E-state index in [0.29, 0.717) is 13.0 Å². The van der Waals surface area contributed by atoms with Crippen LogP contribution in [-0.2, 0) is 6.42 Å². The van der Waals surface area contributed by atoms with Gasteiger partial charge in [-0.05, 0) is 17.7 Å². The van der Waals surface area contributed by atoms with Crippen LogP contribution in [0, 0.1) is 0 Å². The van der Waals surface area contributed by atoms with Gasteiger partial charge in [0, 0.05) is 45.3 Å². The minimum Gasteiger partial charge on any atom is -0.354 e. The Labute approximate surface area is 131 Å². The van der Waals surface area contributed by atoms with Gasteiger partial charge in [-0.2, -0.15) is 0 Å². The lowest BCUT2D eigenvalue weighted by Gasteiger charge is -2.35. The van der Waals surface area contributed by atoms with Crippen LogP contribution in [0.1, 0.15) is 5.56 Å². The summed E-state index contributed by atoms with van der Waals surface area (Å²) in [4.78, 5) is 8.86. The minimum atomic E-state index is -0.802. The number of benzene rings is 1. The van der Waals surface area contributed by atoms with Crippen molar-refractivity contribution in [3.8, 4) is 0 Å². The Hall–Kier alpha value is -1.94. The van der Waals surface area contributed by atoms with Crippen LogP contribution in [0.4, 0.5) is 10.2 Å². The lowest BCUT2D eigenvalue weighted by molar-refractivity contribution is 0.182. The molecular formula is C18H22FN3. The Kier molecular flexibility index (Phi) is 5.01. The summed E-state index contributed by atoms with van der Waals surface area (Å²) < 4.78 is 14.2. The number of rotatable bonds is 5. The van der Waals surface area contributed by atoms with Crippen molar-refractivity contribution in [3.63, 3.8) is 0 Å². The average Bonchev–Trinajstić information content (AvgIpc) is 2.57. The number of aromatic nitrogens is 1. The molecule has 1 aromatic heterocycles. The fourth-order valence-electron chi connectivity index (χ4n) is 2.91. The molecule has 0 bridgehead atoms. The summed E-state index contributed by atoms with van der Waals surface area (Å²) in [6.45, 7) is 4.13. The van der Waals surface area contributed by atoms with Crippen molar-refractivity contribution < 1.29 is 4.39 Å². The van der Waals surface area contributed by atoms with Crippen LogP contribution in [0.15, 0.2) is 54.7 Å². The van der Waals surface area contributed by atoms with Crippen LogP contribution >= 0.6 is 0 Å². The smallest absolute Gasteiger partial charge is 0.128 e. The molecule has 3 rings (SSSR count). The van der Waals surface area contributed by atoms with Crippen LogP contribution in [0.5, 0.6) is 0 Å². The first-order valence-corrected chi connectivity index (χ1v) is 7.87. The molecule has 1 aromatic carbocycles. The van der Waals surface area contributed by atoms with E-state index in [9.17, 15) is 4.39 Å². The van der Waals surface area contributed by atoms with Gasteiger partial charge in [0.2, 0.25) is 0 Å². The van der Waals surface area contributed by atoms with Gasteiger partial charge in [-0.15, -0.1) is 0 Å². The number of halogens is 1. The Morgan fingerprint density at radius 2 is 1.68 bits per heavy atom. The second-order valence-corrected chi connectivity index (χ2v) is 5.76. The van der Waals surface area contributed by atoms with Crippen molar-refractivity contribution in [3.05, 3.63) is 60.3 Å². The largest absolute Gasteiger partial charge is 0.354 e. The topological polar surface area (TPSA) is 19.4 Å². The van der Waals surface area contributed by atoms with E-state index in [1.54, 1.807) is 0 Å². The molecule has 0 N–H and O–H groups in total. The lowest BCUT2D eigenvalue weighted by atomic mass is 10.1. The highest BCUT2D eigenvalue weighted by Gasteiger charge is 2.20. The van der Waals surface area contributed by atoms with Crippen molar-refractivity contribution in [1.82, 2.24) is 9.88 Å². The molecule has 2 aromatic rings. The van der Waals surface area contributed by atoms with E-state index < -0.39 is 6.17 Å². The van der Waals surface area contributed by atoms with E-state index in [0.717, 1.165) is 37.6 Å². The number of alkyl halides is 1. The van der Waals surface area contributed by atoms with Gasteiger partial charge in [-0.25, -0.2) is 9.37 Å². The van der Waals surface area contributed by atoms with E-state index >= 15 is 0 Å². The highest BCUT2D eigenvalue weighted by molar-refractivity contribution is 5.38. The molecule has 3 nitrogen and oxygen atoms in total. The molecule has 0 saturated carbocycles. The van der Waals surface area contributed by atoms with Crippen molar-refractivity contribution in [2.45, 2.75) is 12.6 Å². The lowest BCUT2D eigenvalue weighted by Crippen LogP contribution is -2.48. The van der Waals surface area contributed by atoms with Gasteiger partial charge in [0.05, 0.1) is 0 Å². The highest BCUT2D eigenvalue weighted by Crippen LogP contribution is 2.14. The monoisotopic (exact) mass is 299 g/mol. The number of nitrogens with zero attached hydrogens (tertiary/aromatic N) is 3. The number of piperazine rings is 1. The second kappa shape index (κ2) is 7.36. The number of hydrogen-bond donors (Lipinski definition) is 0. The SMILES string of the molecule is F[C@@H](Cc1ccccc1)CN1CCN(c2ccccn2)CC1. The van der Waals surface area contributed by atoms with Gasteiger partial charge in [0.1, 0.15) is 12.0 Å². The predicted octanol–water partition coefficient (Wildman–Crippen LogP) is 2.78. The highest BCUT2D eigenvalue weighted by atomic mass is 19.1.